The Bertz CT molecular complexity index is 186. The van der Waals surface area contributed by atoms with Crippen LogP contribution in [0.5, 0.6) is 0 Å². The van der Waals surface area contributed by atoms with E-state index in [-0.39, 0.29) is 11.5 Å². The number of hydrogen-bond acceptors (Lipinski definition) is 3. The lowest BCUT2D eigenvalue weighted by Gasteiger charge is -2.32. The van der Waals surface area contributed by atoms with Crippen molar-refractivity contribution in [3.05, 3.63) is 0 Å². The zero-order valence-electron chi connectivity index (χ0n) is 10.8. The summed E-state index contributed by atoms with van der Waals surface area (Å²) in [6, 6.07) is 0.279. The molecule has 0 spiro atoms. The van der Waals surface area contributed by atoms with Gasteiger partial charge in [-0.3, -0.25) is 0 Å². The first-order valence-electron chi connectivity index (χ1n) is 6.06. The lowest BCUT2D eigenvalue weighted by Crippen LogP contribution is -2.46. The molecule has 1 unspecified atom stereocenters. The lowest BCUT2D eigenvalue weighted by atomic mass is 9.87. The van der Waals surface area contributed by atoms with Crippen LogP contribution in [0.1, 0.15) is 27.2 Å². The molecule has 3 nitrogen and oxygen atoms in total. The average Bonchev–Trinajstić information content (AvgIpc) is 2.29. The molecule has 15 heavy (non-hydrogen) atoms. The largest absolute Gasteiger partial charge is 0.326 e. The van der Waals surface area contributed by atoms with Gasteiger partial charge >= 0.3 is 0 Å². The molecule has 0 aromatic carbocycles. The van der Waals surface area contributed by atoms with Crippen molar-refractivity contribution in [3.63, 3.8) is 0 Å². The molecule has 1 aliphatic heterocycles. The van der Waals surface area contributed by atoms with Crippen molar-refractivity contribution in [2.45, 2.75) is 33.2 Å². The molecule has 0 aliphatic carbocycles. The van der Waals surface area contributed by atoms with Crippen molar-refractivity contribution in [2.24, 2.45) is 11.1 Å². The molecule has 0 amide bonds. The second-order valence-electron chi connectivity index (χ2n) is 5.93. The van der Waals surface area contributed by atoms with Gasteiger partial charge in [-0.1, -0.05) is 20.8 Å². The summed E-state index contributed by atoms with van der Waals surface area (Å²) in [6.45, 7) is 12.5. The van der Waals surface area contributed by atoms with Crippen molar-refractivity contribution in [2.75, 3.05) is 39.8 Å². The zero-order chi connectivity index (χ0) is 11.5. The third-order valence-electron chi connectivity index (χ3n) is 3.38. The van der Waals surface area contributed by atoms with E-state index in [1.807, 2.05) is 0 Å². The minimum absolute atomic E-state index is 0.220. The fourth-order valence-corrected chi connectivity index (χ4v) is 1.83. The smallest absolute Gasteiger partial charge is 0.0217 e. The second-order valence-corrected chi connectivity index (χ2v) is 5.93. The first-order chi connectivity index (χ1) is 6.89. The lowest BCUT2D eigenvalue weighted by molar-refractivity contribution is 0.203. The first kappa shape index (κ1) is 12.9. The van der Waals surface area contributed by atoms with Gasteiger partial charge in [0.05, 0.1) is 0 Å². The fraction of sp³-hybridized carbons (Fsp3) is 1.00. The van der Waals surface area contributed by atoms with Crippen LogP contribution in [-0.2, 0) is 0 Å². The summed E-state index contributed by atoms with van der Waals surface area (Å²) in [4.78, 5) is 4.92. The number of hydrogen-bond donors (Lipinski definition) is 1. The van der Waals surface area contributed by atoms with Gasteiger partial charge in [0.15, 0.2) is 0 Å². The summed E-state index contributed by atoms with van der Waals surface area (Å²) < 4.78 is 0. The van der Waals surface area contributed by atoms with Crippen molar-refractivity contribution in [3.8, 4) is 0 Å². The molecule has 0 saturated carbocycles. The molecule has 1 aliphatic rings. The van der Waals surface area contributed by atoms with E-state index < -0.39 is 0 Å². The van der Waals surface area contributed by atoms with Crippen LogP contribution in [0.25, 0.3) is 0 Å². The standard InChI is InChI=1S/C12H27N3/c1-12(2,3)11(13)10-15-7-5-6-14(4)8-9-15/h11H,5-10,13H2,1-4H3. The molecule has 3 heteroatoms. The quantitative estimate of drug-likeness (QED) is 0.743. The van der Waals surface area contributed by atoms with Gasteiger partial charge in [-0.15, -0.1) is 0 Å². The third-order valence-corrected chi connectivity index (χ3v) is 3.38. The number of likely N-dealkylation sites (N-methyl/N-ethyl adjacent to an activating group) is 1. The van der Waals surface area contributed by atoms with Crippen LogP contribution in [0, 0.1) is 5.41 Å². The SMILES string of the molecule is CN1CCCN(CC(N)C(C)(C)C)CC1. The van der Waals surface area contributed by atoms with Gasteiger partial charge in [-0.2, -0.15) is 0 Å². The molecule has 1 rings (SSSR count). The monoisotopic (exact) mass is 213 g/mol. The minimum atomic E-state index is 0.220. The van der Waals surface area contributed by atoms with E-state index in [1.165, 1.54) is 32.6 Å². The van der Waals surface area contributed by atoms with Crippen LogP contribution < -0.4 is 5.73 Å². The van der Waals surface area contributed by atoms with Crippen LogP contribution in [-0.4, -0.2) is 55.6 Å². The van der Waals surface area contributed by atoms with Gasteiger partial charge in [0, 0.05) is 25.7 Å². The van der Waals surface area contributed by atoms with E-state index in [2.05, 4.69) is 37.6 Å². The molecule has 1 saturated heterocycles. The highest BCUT2D eigenvalue weighted by atomic mass is 15.2. The van der Waals surface area contributed by atoms with E-state index in [0.717, 1.165) is 6.54 Å². The normalized spacial score (nSPS) is 23.8. The molecular weight excluding hydrogens is 186 g/mol. The predicted molar refractivity (Wildman–Crippen MR) is 66.0 cm³/mol. The Morgan fingerprint density at radius 1 is 1.13 bits per heavy atom. The summed E-state index contributed by atoms with van der Waals surface area (Å²) in [5, 5.41) is 0. The topological polar surface area (TPSA) is 32.5 Å². The van der Waals surface area contributed by atoms with E-state index >= 15 is 0 Å². The van der Waals surface area contributed by atoms with Crippen molar-refractivity contribution < 1.29 is 0 Å². The van der Waals surface area contributed by atoms with Crippen molar-refractivity contribution >= 4 is 0 Å². The van der Waals surface area contributed by atoms with Gasteiger partial charge in [-0.05, 0) is 32.0 Å². The van der Waals surface area contributed by atoms with E-state index in [9.17, 15) is 0 Å². The first-order valence-corrected chi connectivity index (χ1v) is 6.06. The van der Waals surface area contributed by atoms with Gasteiger partial charge in [0.2, 0.25) is 0 Å². The molecule has 0 radical (unpaired) electrons. The van der Waals surface area contributed by atoms with Crippen LogP contribution in [0.4, 0.5) is 0 Å². The maximum atomic E-state index is 6.21. The molecule has 0 aromatic rings. The highest BCUT2D eigenvalue weighted by molar-refractivity contribution is 4.81. The highest BCUT2D eigenvalue weighted by Crippen LogP contribution is 2.18. The summed E-state index contributed by atoms with van der Waals surface area (Å²) >= 11 is 0. The number of nitrogens with zero attached hydrogens (tertiary/aromatic N) is 2. The summed E-state index contributed by atoms with van der Waals surface area (Å²) in [7, 11) is 2.20. The Balaban J connectivity index is 2.38. The van der Waals surface area contributed by atoms with Gasteiger partial charge in [-0.25, -0.2) is 0 Å². The van der Waals surface area contributed by atoms with Crippen molar-refractivity contribution in [1.82, 2.24) is 9.80 Å². The number of nitrogens with two attached hydrogens (primary N) is 1. The molecule has 1 fully saturated rings. The predicted octanol–water partition coefficient (Wildman–Crippen LogP) is 0.997. The molecule has 90 valence electrons. The maximum Gasteiger partial charge on any atom is 0.0217 e. The molecule has 0 aromatic heterocycles. The van der Waals surface area contributed by atoms with E-state index in [4.69, 9.17) is 5.73 Å². The summed E-state index contributed by atoms with van der Waals surface area (Å²) in [5.74, 6) is 0. The Labute approximate surface area is 94.6 Å². The van der Waals surface area contributed by atoms with E-state index in [1.54, 1.807) is 0 Å². The van der Waals surface area contributed by atoms with E-state index in [0.29, 0.717) is 0 Å². The van der Waals surface area contributed by atoms with Crippen LogP contribution in [0.2, 0.25) is 0 Å². The van der Waals surface area contributed by atoms with Crippen molar-refractivity contribution in [1.29, 1.82) is 0 Å². The van der Waals surface area contributed by atoms with Gasteiger partial charge in [0.1, 0.15) is 0 Å². The Morgan fingerprint density at radius 2 is 1.80 bits per heavy atom. The average molecular weight is 213 g/mol. The van der Waals surface area contributed by atoms with Gasteiger partial charge in [0.25, 0.3) is 0 Å². The van der Waals surface area contributed by atoms with Gasteiger partial charge < -0.3 is 15.5 Å². The second kappa shape index (κ2) is 5.28. The molecule has 0 bridgehead atoms. The fourth-order valence-electron chi connectivity index (χ4n) is 1.83. The highest BCUT2D eigenvalue weighted by Gasteiger charge is 2.23. The Morgan fingerprint density at radius 3 is 2.40 bits per heavy atom. The molecule has 1 atom stereocenters. The maximum absolute atomic E-state index is 6.21. The molecular formula is C12H27N3. The molecule has 2 N–H and O–H groups in total. The Hall–Kier alpha value is -0.120. The third kappa shape index (κ3) is 4.49. The van der Waals surface area contributed by atoms with Crippen LogP contribution in [0.3, 0.4) is 0 Å². The minimum Gasteiger partial charge on any atom is -0.326 e. The Kier molecular flexibility index (Phi) is 4.56. The number of rotatable bonds is 2. The van der Waals surface area contributed by atoms with Crippen LogP contribution >= 0.6 is 0 Å². The summed E-state index contributed by atoms with van der Waals surface area (Å²) in [5.41, 5.74) is 6.43. The summed E-state index contributed by atoms with van der Waals surface area (Å²) in [6.07, 6.45) is 1.27. The van der Waals surface area contributed by atoms with Crippen LogP contribution in [0.15, 0.2) is 0 Å². The molecule has 1 heterocycles. The zero-order valence-corrected chi connectivity index (χ0v) is 10.8.